The lowest BCUT2D eigenvalue weighted by atomic mass is 10.1. The molecule has 2 aromatic carbocycles. The van der Waals surface area contributed by atoms with Gasteiger partial charge in [0.25, 0.3) is 0 Å². The molecular weight excluding hydrogens is 351 g/mol. The fourth-order valence-electron chi connectivity index (χ4n) is 2.68. The van der Waals surface area contributed by atoms with Crippen LogP contribution in [0.25, 0.3) is 22.5 Å². The summed E-state index contributed by atoms with van der Waals surface area (Å²) in [5, 5.41) is 0.276. The molecule has 0 atom stereocenters. The average Bonchev–Trinajstić information content (AvgIpc) is 3.18. The summed E-state index contributed by atoms with van der Waals surface area (Å²) in [7, 11) is 0. The molecule has 134 valence electrons. The maximum Gasteiger partial charge on any atom is 0.343 e. The molecule has 0 bridgehead atoms. The fourth-order valence-corrected chi connectivity index (χ4v) is 2.68. The van der Waals surface area contributed by atoms with Gasteiger partial charge in [-0.25, -0.2) is 9.18 Å². The molecule has 0 spiro atoms. The van der Waals surface area contributed by atoms with Crippen LogP contribution in [0.15, 0.2) is 74.5 Å². The standard InChI is InChI=1S/C21H13FO5/c1-12-4-9-15-17(11-12)26-19(16-3-2-10-25-16)20(18(15)23)27-21(24)13-5-7-14(22)8-6-13/h2-11H,1H3. The van der Waals surface area contributed by atoms with E-state index in [4.69, 9.17) is 13.6 Å². The number of rotatable bonds is 3. The van der Waals surface area contributed by atoms with Gasteiger partial charge in [-0.1, -0.05) is 6.07 Å². The summed E-state index contributed by atoms with van der Waals surface area (Å²) in [6.45, 7) is 1.87. The molecule has 0 aliphatic carbocycles. The first-order valence-corrected chi connectivity index (χ1v) is 8.12. The molecule has 2 aromatic heterocycles. The Balaban J connectivity index is 1.87. The fraction of sp³-hybridized carbons (Fsp3) is 0.0476. The van der Waals surface area contributed by atoms with Gasteiger partial charge in [-0.15, -0.1) is 0 Å². The summed E-state index contributed by atoms with van der Waals surface area (Å²) in [4.78, 5) is 25.4. The summed E-state index contributed by atoms with van der Waals surface area (Å²) in [5.41, 5.74) is 0.864. The highest BCUT2D eigenvalue weighted by molar-refractivity contribution is 5.92. The van der Waals surface area contributed by atoms with Crippen molar-refractivity contribution in [1.29, 1.82) is 0 Å². The van der Waals surface area contributed by atoms with E-state index in [0.29, 0.717) is 5.58 Å². The first kappa shape index (κ1) is 16.8. The Morgan fingerprint density at radius 2 is 1.85 bits per heavy atom. The minimum absolute atomic E-state index is 0.0126. The summed E-state index contributed by atoms with van der Waals surface area (Å²) in [6.07, 6.45) is 1.42. The maximum atomic E-state index is 13.1. The third-order valence-corrected chi connectivity index (χ3v) is 4.03. The normalized spacial score (nSPS) is 10.9. The van der Waals surface area contributed by atoms with Crippen molar-refractivity contribution in [2.24, 2.45) is 0 Å². The molecule has 0 radical (unpaired) electrons. The summed E-state index contributed by atoms with van der Waals surface area (Å²) < 4.78 is 29.6. The number of furan rings is 1. The van der Waals surface area contributed by atoms with Gasteiger partial charge >= 0.3 is 5.97 Å². The molecule has 5 nitrogen and oxygen atoms in total. The zero-order chi connectivity index (χ0) is 19.0. The largest absolute Gasteiger partial charge is 0.461 e. The predicted molar refractivity (Wildman–Crippen MR) is 96.3 cm³/mol. The Morgan fingerprint density at radius 3 is 2.56 bits per heavy atom. The third-order valence-electron chi connectivity index (χ3n) is 4.03. The Bertz CT molecular complexity index is 1190. The molecule has 0 saturated heterocycles. The van der Waals surface area contributed by atoms with Crippen LogP contribution >= 0.6 is 0 Å². The Kier molecular flexibility index (Phi) is 4.08. The molecule has 6 heteroatoms. The van der Waals surface area contributed by atoms with E-state index in [1.807, 2.05) is 6.92 Å². The maximum absolute atomic E-state index is 13.1. The molecular formula is C21H13FO5. The van der Waals surface area contributed by atoms with Crippen LogP contribution in [0.3, 0.4) is 0 Å². The van der Waals surface area contributed by atoms with Crippen molar-refractivity contribution < 1.29 is 22.8 Å². The van der Waals surface area contributed by atoms with Gasteiger partial charge in [-0.3, -0.25) is 4.79 Å². The molecule has 2 heterocycles. The highest BCUT2D eigenvalue weighted by atomic mass is 19.1. The predicted octanol–water partition coefficient (Wildman–Crippen LogP) is 4.72. The van der Waals surface area contributed by atoms with Crippen molar-refractivity contribution in [3.8, 4) is 17.3 Å². The van der Waals surface area contributed by atoms with Gasteiger partial charge in [0, 0.05) is 0 Å². The van der Waals surface area contributed by atoms with Gasteiger partial charge in [-0.2, -0.15) is 0 Å². The molecule has 0 amide bonds. The van der Waals surface area contributed by atoms with Crippen LogP contribution in [0, 0.1) is 12.7 Å². The molecule has 0 aliphatic heterocycles. The van der Waals surface area contributed by atoms with E-state index < -0.39 is 17.2 Å². The van der Waals surface area contributed by atoms with Gasteiger partial charge in [0.05, 0.1) is 17.2 Å². The van der Waals surface area contributed by atoms with E-state index in [0.717, 1.165) is 17.7 Å². The minimum atomic E-state index is -0.804. The van der Waals surface area contributed by atoms with Gasteiger partial charge < -0.3 is 13.6 Å². The highest BCUT2D eigenvalue weighted by Gasteiger charge is 2.23. The monoisotopic (exact) mass is 364 g/mol. The number of carbonyl (C=O) groups is 1. The number of aryl methyl sites for hydroxylation is 1. The Morgan fingerprint density at radius 1 is 1.07 bits per heavy atom. The smallest absolute Gasteiger partial charge is 0.343 e. The van der Waals surface area contributed by atoms with Crippen LogP contribution in [0.1, 0.15) is 15.9 Å². The Hall–Kier alpha value is -3.67. The molecule has 0 saturated carbocycles. The highest BCUT2D eigenvalue weighted by Crippen LogP contribution is 2.32. The lowest BCUT2D eigenvalue weighted by Crippen LogP contribution is -2.16. The third kappa shape index (κ3) is 3.13. The number of hydrogen-bond donors (Lipinski definition) is 0. The van der Waals surface area contributed by atoms with Crippen molar-refractivity contribution in [3.05, 3.63) is 88.0 Å². The molecule has 0 N–H and O–H groups in total. The first-order chi connectivity index (χ1) is 13.0. The molecule has 4 rings (SSSR count). The van der Waals surface area contributed by atoms with E-state index in [1.165, 1.54) is 18.4 Å². The van der Waals surface area contributed by atoms with Gasteiger partial charge in [0.2, 0.25) is 16.9 Å². The summed E-state index contributed by atoms with van der Waals surface area (Å²) >= 11 is 0. The van der Waals surface area contributed by atoms with E-state index in [1.54, 1.807) is 30.3 Å². The number of ether oxygens (including phenoxy) is 1. The molecule has 0 unspecified atom stereocenters. The van der Waals surface area contributed by atoms with Crippen molar-refractivity contribution in [3.63, 3.8) is 0 Å². The van der Waals surface area contributed by atoms with Crippen LogP contribution in [0.4, 0.5) is 4.39 Å². The zero-order valence-electron chi connectivity index (χ0n) is 14.2. The van der Waals surface area contributed by atoms with Crippen LogP contribution in [-0.4, -0.2) is 5.97 Å². The molecule has 0 aliphatic rings. The van der Waals surface area contributed by atoms with Crippen molar-refractivity contribution in [2.45, 2.75) is 6.92 Å². The second-order valence-electron chi connectivity index (χ2n) is 5.96. The molecule has 0 fully saturated rings. The molecule has 27 heavy (non-hydrogen) atoms. The SMILES string of the molecule is Cc1ccc2c(=O)c(OC(=O)c3ccc(F)cc3)c(-c3ccco3)oc2c1. The molecule has 4 aromatic rings. The Labute approximate surface area is 152 Å². The summed E-state index contributed by atoms with van der Waals surface area (Å²) in [6, 6.07) is 13.1. The zero-order valence-corrected chi connectivity index (χ0v) is 14.2. The lowest BCUT2D eigenvalue weighted by Gasteiger charge is -2.09. The minimum Gasteiger partial charge on any atom is -0.461 e. The van der Waals surface area contributed by atoms with E-state index in [9.17, 15) is 14.0 Å². The number of fused-ring (bicyclic) bond motifs is 1. The van der Waals surface area contributed by atoms with Gasteiger partial charge in [0.15, 0.2) is 5.76 Å². The average molecular weight is 364 g/mol. The lowest BCUT2D eigenvalue weighted by molar-refractivity contribution is 0.0731. The topological polar surface area (TPSA) is 69.7 Å². The second kappa shape index (κ2) is 6.57. The van der Waals surface area contributed by atoms with Crippen LogP contribution in [0.5, 0.6) is 5.75 Å². The van der Waals surface area contributed by atoms with E-state index in [-0.39, 0.29) is 28.2 Å². The number of carbonyl (C=O) groups excluding carboxylic acids is 1. The quantitative estimate of drug-likeness (QED) is 0.492. The van der Waals surface area contributed by atoms with Crippen molar-refractivity contribution in [2.75, 3.05) is 0 Å². The van der Waals surface area contributed by atoms with Crippen LogP contribution in [0.2, 0.25) is 0 Å². The van der Waals surface area contributed by atoms with E-state index in [2.05, 4.69) is 0 Å². The van der Waals surface area contributed by atoms with Crippen molar-refractivity contribution >= 4 is 16.9 Å². The number of esters is 1. The number of halogens is 1. The van der Waals surface area contributed by atoms with Gasteiger partial charge in [-0.05, 0) is 61.0 Å². The van der Waals surface area contributed by atoms with Crippen LogP contribution < -0.4 is 10.2 Å². The van der Waals surface area contributed by atoms with E-state index >= 15 is 0 Å². The second-order valence-corrected chi connectivity index (χ2v) is 5.96. The summed E-state index contributed by atoms with van der Waals surface area (Å²) in [5.74, 6) is -1.31. The number of benzene rings is 2. The van der Waals surface area contributed by atoms with Gasteiger partial charge in [0.1, 0.15) is 11.4 Å². The number of hydrogen-bond acceptors (Lipinski definition) is 5. The first-order valence-electron chi connectivity index (χ1n) is 8.12. The van der Waals surface area contributed by atoms with Crippen molar-refractivity contribution in [1.82, 2.24) is 0 Å². The van der Waals surface area contributed by atoms with Crippen LogP contribution in [-0.2, 0) is 0 Å².